The van der Waals surface area contributed by atoms with Gasteiger partial charge >= 0.3 is 0 Å². The van der Waals surface area contributed by atoms with Gasteiger partial charge in [-0.05, 0) is 30.9 Å². The molecule has 0 saturated heterocycles. The van der Waals surface area contributed by atoms with E-state index in [4.69, 9.17) is 9.47 Å². The number of hydrogen-bond donors (Lipinski definition) is 1. The number of aryl methyl sites for hydroxylation is 1. The lowest BCUT2D eigenvalue weighted by Gasteiger charge is -2.20. The zero-order valence-corrected chi connectivity index (χ0v) is 13.0. The zero-order valence-electron chi connectivity index (χ0n) is 13.0. The lowest BCUT2D eigenvalue weighted by Crippen LogP contribution is -2.21. The molecule has 1 aromatic carbocycles. The topological polar surface area (TPSA) is 38.7 Å². The normalized spacial score (nSPS) is 14.2. The molecule has 0 aliphatic rings. The zero-order chi connectivity index (χ0) is 14.8. The molecular weight excluding hydrogens is 252 g/mol. The van der Waals surface area contributed by atoms with E-state index in [2.05, 4.69) is 26.0 Å². The maximum atomic E-state index is 10.2. The number of benzene rings is 1. The Morgan fingerprint density at radius 3 is 2.35 bits per heavy atom. The number of aliphatic hydroxyl groups is 1. The molecule has 0 fully saturated rings. The van der Waals surface area contributed by atoms with Gasteiger partial charge in [-0.15, -0.1) is 0 Å². The molecule has 3 nitrogen and oxygen atoms in total. The first-order valence-corrected chi connectivity index (χ1v) is 7.65. The molecule has 0 aromatic heterocycles. The smallest absolute Gasteiger partial charge is 0.105 e. The standard InChI is InChI=1S/C17H28O3/c1-4-6-11-19-12-13-20-14(3)17(18)16-9-7-15(5-2)8-10-16/h7-10,14,17-18H,4-6,11-13H2,1-3H3. The summed E-state index contributed by atoms with van der Waals surface area (Å²) in [5.74, 6) is 0. The van der Waals surface area contributed by atoms with E-state index in [0.717, 1.165) is 31.4 Å². The summed E-state index contributed by atoms with van der Waals surface area (Å²) in [6.07, 6.45) is 2.43. The second kappa shape index (κ2) is 9.92. The number of ether oxygens (including phenoxy) is 2. The molecule has 0 aliphatic heterocycles. The highest BCUT2D eigenvalue weighted by atomic mass is 16.5. The van der Waals surface area contributed by atoms with Gasteiger partial charge < -0.3 is 14.6 Å². The molecule has 0 heterocycles. The average molecular weight is 280 g/mol. The maximum absolute atomic E-state index is 10.2. The Hall–Kier alpha value is -0.900. The van der Waals surface area contributed by atoms with Crippen molar-refractivity contribution >= 4 is 0 Å². The number of unbranched alkanes of at least 4 members (excludes halogenated alkanes) is 1. The molecule has 0 amide bonds. The van der Waals surface area contributed by atoms with E-state index in [1.54, 1.807) is 0 Å². The van der Waals surface area contributed by atoms with Crippen molar-refractivity contribution in [3.05, 3.63) is 35.4 Å². The summed E-state index contributed by atoms with van der Waals surface area (Å²) < 4.78 is 11.1. The Morgan fingerprint density at radius 1 is 1.05 bits per heavy atom. The number of aliphatic hydroxyl groups excluding tert-OH is 1. The highest BCUT2D eigenvalue weighted by Gasteiger charge is 2.16. The van der Waals surface area contributed by atoms with Gasteiger partial charge in [0.1, 0.15) is 6.10 Å². The molecule has 0 spiro atoms. The summed E-state index contributed by atoms with van der Waals surface area (Å²) in [6.45, 7) is 8.05. The molecule has 1 aromatic rings. The first-order valence-electron chi connectivity index (χ1n) is 7.65. The van der Waals surface area contributed by atoms with Crippen molar-refractivity contribution in [2.45, 2.75) is 52.2 Å². The van der Waals surface area contributed by atoms with Crippen LogP contribution in [0, 0.1) is 0 Å². The summed E-state index contributed by atoms with van der Waals surface area (Å²) in [4.78, 5) is 0. The number of rotatable bonds is 10. The molecule has 0 radical (unpaired) electrons. The van der Waals surface area contributed by atoms with Crippen LogP contribution in [-0.2, 0) is 15.9 Å². The molecule has 0 bridgehead atoms. The van der Waals surface area contributed by atoms with Crippen LogP contribution in [0.3, 0.4) is 0 Å². The van der Waals surface area contributed by atoms with Crippen molar-refractivity contribution < 1.29 is 14.6 Å². The van der Waals surface area contributed by atoms with Crippen molar-refractivity contribution in [1.29, 1.82) is 0 Å². The lowest BCUT2D eigenvalue weighted by atomic mass is 10.0. The van der Waals surface area contributed by atoms with E-state index in [0.29, 0.717) is 13.2 Å². The van der Waals surface area contributed by atoms with Crippen molar-refractivity contribution in [3.63, 3.8) is 0 Å². The van der Waals surface area contributed by atoms with Crippen molar-refractivity contribution in [2.24, 2.45) is 0 Å². The van der Waals surface area contributed by atoms with E-state index >= 15 is 0 Å². The Kier molecular flexibility index (Phi) is 8.51. The molecule has 2 atom stereocenters. The van der Waals surface area contributed by atoms with Gasteiger partial charge in [0, 0.05) is 6.61 Å². The van der Waals surface area contributed by atoms with Gasteiger partial charge in [0.25, 0.3) is 0 Å². The van der Waals surface area contributed by atoms with Crippen LogP contribution < -0.4 is 0 Å². The maximum Gasteiger partial charge on any atom is 0.105 e. The Labute approximate surface area is 122 Å². The Bertz CT molecular complexity index is 348. The van der Waals surface area contributed by atoms with Crippen molar-refractivity contribution in [2.75, 3.05) is 19.8 Å². The summed E-state index contributed by atoms with van der Waals surface area (Å²) >= 11 is 0. The molecular formula is C17H28O3. The SMILES string of the molecule is CCCCOCCOC(C)C(O)c1ccc(CC)cc1. The Morgan fingerprint density at radius 2 is 1.75 bits per heavy atom. The van der Waals surface area contributed by atoms with Crippen molar-refractivity contribution in [1.82, 2.24) is 0 Å². The molecule has 1 rings (SSSR count). The van der Waals surface area contributed by atoms with Crippen LogP contribution in [0.2, 0.25) is 0 Å². The van der Waals surface area contributed by atoms with Crippen LogP contribution in [0.5, 0.6) is 0 Å². The molecule has 0 saturated carbocycles. The minimum absolute atomic E-state index is 0.225. The third-order valence-electron chi connectivity index (χ3n) is 3.42. The quantitative estimate of drug-likeness (QED) is 0.667. The largest absolute Gasteiger partial charge is 0.386 e. The average Bonchev–Trinajstić information content (AvgIpc) is 2.50. The predicted octanol–water partition coefficient (Wildman–Crippen LogP) is 3.50. The van der Waals surface area contributed by atoms with E-state index < -0.39 is 6.10 Å². The van der Waals surface area contributed by atoms with E-state index in [1.807, 2.05) is 19.1 Å². The molecule has 0 aliphatic carbocycles. The minimum Gasteiger partial charge on any atom is -0.386 e. The molecule has 20 heavy (non-hydrogen) atoms. The molecule has 3 heteroatoms. The van der Waals surface area contributed by atoms with Gasteiger partial charge in [-0.3, -0.25) is 0 Å². The number of hydrogen-bond acceptors (Lipinski definition) is 3. The van der Waals surface area contributed by atoms with Crippen LogP contribution in [0.1, 0.15) is 50.8 Å². The fourth-order valence-electron chi connectivity index (χ4n) is 1.95. The highest BCUT2D eigenvalue weighted by Crippen LogP contribution is 2.19. The van der Waals surface area contributed by atoms with E-state index in [1.165, 1.54) is 5.56 Å². The highest BCUT2D eigenvalue weighted by molar-refractivity contribution is 5.24. The minimum atomic E-state index is -0.587. The van der Waals surface area contributed by atoms with Gasteiger partial charge in [0.05, 0.1) is 19.3 Å². The molecule has 2 unspecified atom stereocenters. The van der Waals surface area contributed by atoms with Gasteiger partial charge in [0.2, 0.25) is 0 Å². The predicted molar refractivity (Wildman–Crippen MR) is 81.9 cm³/mol. The second-order valence-electron chi connectivity index (χ2n) is 5.08. The molecule has 114 valence electrons. The van der Waals surface area contributed by atoms with Crippen molar-refractivity contribution in [3.8, 4) is 0 Å². The first-order chi connectivity index (χ1) is 9.69. The Balaban J connectivity index is 2.28. The van der Waals surface area contributed by atoms with Gasteiger partial charge in [-0.25, -0.2) is 0 Å². The summed E-state index contributed by atoms with van der Waals surface area (Å²) in [7, 11) is 0. The second-order valence-corrected chi connectivity index (χ2v) is 5.08. The van der Waals surface area contributed by atoms with Crippen LogP contribution in [0.25, 0.3) is 0 Å². The van der Waals surface area contributed by atoms with Crippen LogP contribution in [0.4, 0.5) is 0 Å². The third-order valence-corrected chi connectivity index (χ3v) is 3.42. The first kappa shape index (κ1) is 17.2. The monoisotopic (exact) mass is 280 g/mol. The van der Waals surface area contributed by atoms with E-state index in [9.17, 15) is 5.11 Å². The lowest BCUT2D eigenvalue weighted by molar-refractivity contribution is -0.0484. The summed E-state index contributed by atoms with van der Waals surface area (Å²) in [5.41, 5.74) is 2.18. The summed E-state index contributed by atoms with van der Waals surface area (Å²) in [6, 6.07) is 8.06. The van der Waals surface area contributed by atoms with Gasteiger partial charge in [-0.2, -0.15) is 0 Å². The van der Waals surface area contributed by atoms with E-state index in [-0.39, 0.29) is 6.10 Å². The van der Waals surface area contributed by atoms with Crippen LogP contribution in [0.15, 0.2) is 24.3 Å². The van der Waals surface area contributed by atoms with Gasteiger partial charge in [-0.1, -0.05) is 44.5 Å². The fraction of sp³-hybridized carbons (Fsp3) is 0.647. The van der Waals surface area contributed by atoms with Crippen LogP contribution in [-0.4, -0.2) is 31.0 Å². The molecule has 1 N–H and O–H groups in total. The van der Waals surface area contributed by atoms with Gasteiger partial charge in [0.15, 0.2) is 0 Å². The summed E-state index contributed by atoms with van der Waals surface area (Å²) in [5, 5.41) is 10.2. The third kappa shape index (κ3) is 6.04. The van der Waals surface area contributed by atoms with Crippen LogP contribution >= 0.6 is 0 Å². The fourth-order valence-corrected chi connectivity index (χ4v) is 1.95.